The number of ether oxygens (including phenoxy) is 2. The topological polar surface area (TPSA) is 47.7 Å². The summed E-state index contributed by atoms with van der Waals surface area (Å²) in [5.74, 6) is 1.66. The zero-order valence-corrected chi connectivity index (χ0v) is 12.4. The molecular formula is C16H24N2O2. The van der Waals surface area contributed by atoms with Crippen molar-refractivity contribution in [1.29, 1.82) is 0 Å². The van der Waals surface area contributed by atoms with Crippen LogP contribution in [0.1, 0.15) is 24.0 Å². The van der Waals surface area contributed by atoms with E-state index in [4.69, 9.17) is 15.2 Å². The molecule has 2 N–H and O–H groups in total. The van der Waals surface area contributed by atoms with E-state index in [1.54, 1.807) is 14.2 Å². The Morgan fingerprint density at radius 1 is 1.15 bits per heavy atom. The van der Waals surface area contributed by atoms with Crippen molar-refractivity contribution in [3.63, 3.8) is 0 Å². The molecule has 1 fully saturated rings. The molecule has 2 aliphatic rings. The molecule has 1 heterocycles. The zero-order valence-electron chi connectivity index (χ0n) is 12.4. The highest BCUT2D eigenvalue weighted by Gasteiger charge is 2.42. The van der Waals surface area contributed by atoms with Crippen LogP contribution in [0.5, 0.6) is 11.5 Å². The minimum atomic E-state index is 0.411. The largest absolute Gasteiger partial charge is 0.493 e. The predicted molar refractivity (Wildman–Crippen MR) is 79.2 cm³/mol. The molecule has 0 radical (unpaired) electrons. The van der Waals surface area contributed by atoms with E-state index >= 15 is 0 Å². The molecule has 0 saturated heterocycles. The van der Waals surface area contributed by atoms with Crippen molar-refractivity contribution in [2.45, 2.75) is 25.8 Å². The van der Waals surface area contributed by atoms with Gasteiger partial charge in [-0.05, 0) is 54.5 Å². The Kier molecular flexibility index (Phi) is 3.61. The fourth-order valence-electron chi connectivity index (χ4n) is 3.15. The zero-order chi connectivity index (χ0) is 14.2. The summed E-state index contributed by atoms with van der Waals surface area (Å²) in [6.45, 7) is 4.07. The first-order chi connectivity index (χ1) is 9.69. The van der Waals surface area contributed by atoms with Crippen molar-refractivity contribution in [2.24, 2.45) is 11.1 Å². The lowest BCUT2D eigenvalue weighted by Crippen LogP contribution is -2.37. The van der Waals surface area contributed by atoms with Crippen LogP contribution in [0, 0.1) is 5.41 Å². The maximum atomic E-state index is 5.90. The Labute approximate surface area is 120 Å². The average Bonchev–Trinajstić information content (AvgIpc) is 3.26. The number of hydrogen-bond acceptors (Lipinski definition) is 4. The van der Waals surface area contributed by atoms with E-state index in [0.29, 0.717) is 5.41 Å². The van der Waals surface area contributed by atoms with Gasteiger partial charge in [-0.2, -0.15) is 0 Å². The monoisotopic (exact) mass is 276 g/mol. The van der Waals surface area contributed by atoms with E-state index in [1.807, 2.05) is 0 Å². The van der Waals surface area contributed by atoms with Crippen molar-refractivity contribution >= 4 is 0 Å². The summed E-state index contributed by atoms with van der Waals surface area (Å²) >= 11 is 0. The summed E-state index contributed by atoms with van der Waals surface area (Å²) in [6.07, 6.45) is 3.66. The summed E-state index contributed by atoms with van der Waals surface area (Å²) in [6, 6.07) is 4.25. The van der Waals surface area contributed by atoms with Crippen LogP contribution >= 0.6 is 0 Å². The summed E-state index contributed by atoms with van der Waals surface area (Å²) in [7, 11) is 3.38. The van der Waals surface area contributed by atoms with Crippen molar-refractivity contribution in [3.8, 4) is 11.5 Å². The van der Waals surface area contributed by atoms with Gasteiger partial charge >= 0.3 is 0 Å². The predicted octanol–water partition coefficient (Wildman–Crippen LogP) is 1.80. The number of nitrogens with zero attached hydrogens (tertiary/aromatic N) is 1. The molecule has 3 rings (SSSR count). The van der Waals surface area contributed by atoms with Gasteiger partial charge in [-0.3, -0.25) is 4.90 Å². The normalized spacial score (nSPS) is 20.4. The van der Waals surface area contributed by atoms with E-state index in [-0.39, 0.29) is 0 Å². The maximum Gasteiger partial charge on any atom is 0.161 e. The third-order valence-corrected chi connectivity index (χ3v) is 4.75. The van der Waals surface area contributed by atoms with Crippen LogP contribution < -0.4 is 15.2 Å². The van der Waals surface area contributed by atoms with Crippen LogP contribution in [0.15, 0.2) is 12.1 Å². The first kappa shape index (κ1) is 13.7. The molecule has 0 unspecified atom stereocenters. The highest BCUT2D eigenvalue weighted by atomic mass is 16.5. The Hall–Kier alpha value is -1.26. The van der Waals surface area contributed by atoms with Gasteiger partial charge in [0, 0.05) is 19.6 Å². The molecule has 4 heteroatoms. The van der Waals surface area contributed by atoms with Crippen LogP contribution in [-0.2, 0) is 13.0 Å². The standard InChI is InChI=1S/C16H24N2O2/c1-19-14-7-12-3-6-18(11-16(10-17)4-5-16)9-13(12)8-15(14)20-2/h7-8H,3-6,9-11,17H2,1-2H3. The molecule has 0 spiro atoms. The lowest BCUT2D eigenvalue weighted by Gasteiger charge is -2.32. The van der Waals surface area contributed by atoms with Gasteiger partial charge < -0.3 is 15.2 Å². The van der Waals surface area contributed by atoms with Crippen LogP contribution in [0.25, 0.3) is 0 Å². The van der Waals surface area contributed by atoms with Crippen LogP contribution in [0.2, 0.25) is 0 Å². The smallest absolute Gasteiger partial charge is 0.161 e. The quantitative estimate of drug-likeness (QED) is 0.891. The van der Waals surface area contributed by atoms with Crippen molar-refractivity contribution in [2.75, 3.05) is 33.9 Å². The Morgan fingerprint density at radius 3 is 2.35 bits per heavy atom. The van der Waals surface area contributed by atoms with Gasteiger partial charge in [0.05, 0.1) is 14.2 Å². The molecular weight excluding hydrogens is 252 g/mol. The summed E-state index contributed by atoms with van der Waals surface area (Å²) in [5.41, 5.74) is 9.06. The number of rotatable bonds is 5. The van der Waals surface area contributed by atoms with Gasteiger partial charge in [-0.15, -0.1) is 0 Å². The third-order valence-electron chi connectivity index (χ3n) is 4.75. The minimum absolute atomic E-state index is 0.411. The van der Waals surface area contributed by atoms with Gasteiger partial charge in [-0.1, -0.05) is 0 Å². The van der Waals surface area contributed by atoms with Gasteiger partial charge in [0.25, 0.3) is 0 Å². The highest BCUT2D eigenvalue weighted by Crippen LogP contribution is 2.45. The highest BCUT2D eigenvalue weighted by molar-refractivity contribution is 5.48. The van der Waals surface area contributed by atoms with Crippen LogP contribution in [0.3, 0.4) is 0 Å². The van der Waals surface area contributed by atoms with Crippen LogP contribution in [0.4, 0.5) is 0 Å². The molecule has 4 nitrogen and oxygen atoms in total. The third kappa shape index (κ3) is 2.50. The van der Waals surface area contributed by atoms with Gasteiger partial charge in [0.15, 0.2) is 11.5 Å². The second-order valence-electron chi connectivity index (χ2n) is 6.14. The summed E-state index contributed by atoms with van der Waals surface area (Å²) in [5, 5.41) is 0. The van der Waals surface area contributed by atoms with E-state index < -0.39 is 0 Å². The second kappa shape index (κ2) is 5.26. The van der Waals surface area contributed by atoms with Crippen molar-refractivity contribution in [3.05, 3.63) is 23.3 Å². The number of methoxy groups -OCH3 is 2. The number of fused-ring (bicyclic) bond motifs is 1. The van der Waals surface area contributed by atoms with E-state index in [0.717, 1.165) is 44.1 Å². The Morgan fingerprint density at radius 2 is 1.80 bits per heavy atom. The lowest BCUT2D eigenvalue weighted by molar-refractivity contribution is 0.205. The van der Waals surface area contributed by atoms with Crippen molar-refractivity contribution in [1.82, 2.24) is 4.90 Å². The molecule has 1 aromatic carbocycles. The first-order valence-corrected chi connectivity index (χ1v) is 7.36. The SMILES string of the molecule is COc1cc2c(cc1OC)CN(CC1(CN)CC1)CC2. The lowest BCUT2D eigenvalue weighted by atomic mass is 9.97. The maximum absolute atomic E-state index is 5.90. The first-order valence-electron chi connectivity index (χ1n) is 7.36. The average molecular weight is 276 g/mol. The summed E-state index contributed by atoms with van der Waals surface area (Å²) in [4.78, 5) is 2.54. The number of nitrogens with two attached hydrogens (primary N) is 1. The van der Waals surface area contributed by atoms with Gasteiger partial charge in [0.2, 0.25) is 0 Å². The molecule has 0 bridgehead atoms. The second-order valence-corrected chi connectivity index (χ2v) is 6.14. The van der Waals surface area contributed by atoms with E-state index in [2.05, 4.69) is 17.0 Å². The fraction of sp³-hybridized carbons (Fsp3) is 0.625. The number of hydrogen-bond donors (Lipinski definition) is 1. The summed E-state index contributed by atoms with van der Waals surface area (Å²) < 4.78 is 10.8. The fourth-order valence-corrected chi connectivity index (χ4v) is 3.15. The molecule has 110 valence electrons. The Balaban J connectivity index is 1.77. The van der Waals surface area contributed by atoms with Crippen LogP contribution in [-0.4, -0.2) is 38.8 Å². The molecule has 1 aromatic rings. The van der Waals surface area contributed by atoms with Crippen molar-refractivity contribution < 1.29 is 9.47 Å². The molecule has 0 amide bonds. The molecule has 20 heavy (non-hydrogen) atoms. The molecule has 0 atom stereocenters. The number of benzene rings is 1. The molecule has 1 aliphatic carbocycles. The van der Waals surface area contributed by atoms with Gasteiger partial charge in [0.1, 0.15) is 0 Å². The molecule has 0 aromatic heterocycles. The Bertz CT molecular complexity index is 497. The van der Waals surface area contributed by atoms with Gasteiger partial charge in [-0.25, -0.2) is 0 Å². The minimum Gasteiger partial charge on any atom is -0.493 e. The van der Waals surface area contributed by atoms with E-state index in [1.165, 1.54) is 24.0 Å². The molecule has 1 saturated carbocycles. The van der Waals surface area contributed by atoms with E-state index in [9.17, 15) is 0 Å². The molecule has 1 aliphatic heterocycles.